The predicted molar refractivity (Wildman–Crippen MR) is 67.9 cm³/mol. The highest BCUT2D eigenvalue weighted by Crippen LogP contribution is 2.32. The van der Waals surface area contributed by atoms with Gasteiger partial charge < -0.3 is 9.84 Å². The van der Waals surface area contributed by atoms with E-state index in [-0.39, 0.29) is 6.61 Å². The molecule has 2 nitrogen and oxygen atoms in total. The standard InChI is InChI=1S/C15H18O2/c16-11-2-1-3-13-6-8-15(9-7-13)17-12-10-14-4-5-14/h6-9,14,16H,2,4-5,10-12H2. The molecule has 0 amide bonds. The lowest BCUT2D eigenvalue weighted by Gasteiger charge is -2.04. The summed E-state index contributed by atoms with van der Waals surface area (Å²) in [6.07, 6.45) is 4.46. The molecule has 1 N–H and O–H groups in total. The number of hydrogen-bond donors (Lipinski definition) is 1. The van der Waals surface area contributed by atoms with Gasteiger partial charge in [-0.25, -0.2) is 0 Å². The first-order valence-electron chi connectivity index (χ1n) is 6.21. The van der Waals surface area contributed by atoms with Crippen LogP contribution in [0, 0.1) is 17.8 Å². The number of aliphatic hydroxyl groups is 1. The molecule has 0 aliphatic heterocycles. The summed E-state index contributed by atoms with van der Waals surface area (Å²) < 4.78 is 5.65. The fourth-order valence-corrected chi connectivity index (χ4v) is 1.60. The highest BCUT2D eigenvalue weighted by Gasteiger charge is 2.20. The van der Waals surface area contributed by atoms with Crippen molar-refractivity contribution in [3.63, 3.8) is 0 Å². The van der Waals surface area contributed by atoms with Crippen LogP contribution in [0.2, 0.25) is 0 Å². The minimum atomic E-state index is 0.120. The minimum Gasteiger partial charge on any atom is -0.494 e. The molecule has 0 saturated heterocycles. The Bertz CT molecular complexity index is 393. The molecule has 1 aliphatic carbocycles. The van der Waals surface area contributed by atoms with Crippen LogP contribution < -0.4 is 4.74 Å². The van der Waals surface area contributed by atoms with Gasteiger partial charge >= 0.3 is 0 Å². The van der Waals surface area contributed by atoms with Gasteiger partial charge in [0.2, 0.25) is 0 Å². The predicted octanol–water partition coefficient (Wildman–Crippen LogP) is 2.60. The average molecular weight is 230 g/mol. The Morgan fingerprint density at radius 2 is 2.00 bits per heavy atom. The quantitative estimate of drug-likeness (QED) is 0.788. The van der Waals surface area contributed by atoms with E-state index in [1.807, 2.05) is 24.3 Å². The lowest BCUT2D eigenvalue weighted by atomic mass is 10.2. The van der Waals surface area contributed by atoms with E-state index >= 15 is 0 Å². The highest BCUT2D eigenvalue weighted by atomic mass is 16.5. The first-order valence-corrected chi connectivity index (χ1v) is 6.21. The molecule has 2 heteroatoms. The zero-order chi connectivity index (χ0) is 11.9. The van der Waals surface area contributed by atoms with Gasteiger partial charge in [-0.1, -0.05) is 24.7 Å². The second-order valence-electron chi connectivity index (χ2n) is 4.38. The molecule has 1 aliphatic rings. The van der Waals surface area contributed by atoms with Gasteiger partial charge in [-0.3, -0.25) is 0 Å². The second kappa shape index (κ2) is 6.32. The van der Waals surface area contributed by atoms with E-state index in [1.165, 1.54) is 19.3 Å². The van der Waals surface area contributed by atoms with Crippen molar-refractivity contribution in [3.05, 3.63) is 29.8 Å². The molecule has 90 valence electrons. The summed E-state index contributed by atoms with van der Waals surface area (Å²) in [5.74, 6) is 7.72. The molecule has 1 aromatic rings. The number of hydrogen-bond acceptors (Lipinski definition) is 2. The first-order chi connectivity index (χ1) is 8.38. The number of ether oxygens (including phenoxy) is 1. The third kappa shape index (κ3) is 4.50. The maximum atomic E-state index is 8.61. The molecular weight excluding hydrogens is 212 g/mol. The van der Waals surface area contributed by atoms with Gasteiger partial charge in [0.1, 0.15) is 5.75 Å². The van der Waals surface area contributed by atoms with Crippen molar-refractivity contribution >= 4 is 0 Å². The number of rotatable bonds is 5. The molecule has 2 rings (SSSR count). The zero-order valence-corrected chi connectivity index (χ0v) is 9.98. The third-order valence-electron chi connectivity index (χ3n) is 2.82. The fraction of sp³-hybridized carbons (Fsp3) is 0.467. The summed E-state index contributed by atoms with van der Waals surface area (Å²) in [5, 5.41) is 8.61. The van der Waals surface area contributed by atoms with Crippen molar-refractivity contribution in [2.75, 3.05) is 13.2 Å². The van der Waals surface area contributed by atoms with Crippen LogP contribution >= 0.6 is 0 Å². The first kappa shape index (κ1) is 12.0. The summed E-state index contributed by atoms with van der Waals surface area (Å²) in [5.41, 5.74) is 0.966. The summed E-state index contributed by atoms with van der Waals surface area (Å²) >= 11 is 0. The Morgan fingerprint density at radius 1 is 1.24 bits per heavy atom. The van der Waals surface area contributed by atoms with Crippen LogP contribution in [0.1, 0.15) is 31.2 Å². The van der Waals surface area contributed by atoms with E-state index in [2.05, 4.69) is 11.8 Å². The lowest BCUT2D eigenvalue weighted by molar-refractivity contribution is 0.302. The van der Waals surface area contributed by atoms with Gasteiger partial charge in [-0.15, -0.1) is 0 Å². The molecule has 0 aromatic heterocycles. The Labute approximate surface area is 103 Å². The van der Waals surface area contributed by atoms with Gasteiger partial charge in [0, 0.05) is 12.0 Å². The SMILES string of the molecule is OCCC#Cc1ccc(OCCC2CC2)cc1. The topological polar surface area (TPSA) is 29.5 Å². The Kier molecular flexibility index (Phi) is 4.46. The largest absolute Gasteiger partial charge is 0.494 e. The van der Waals surface area contributed by atoms with Crippen molar-refractivity contribution in [2.45, 2.75) is 25.7 Å². The molecule has 17 heavy (non-hydrogen) atoms. The van der Waals surface area contributed by atoms with Gasteiger partial charge in [-0.05, 0) is 36.6 Å². The molecule has 1 fully saturated rings. The number of aliphatic hydroxyl groups excluding tert-OH is 1. The fourth-order valence-electron chi connectivity index (χ4n) is 1.60. The molecule has 0 bridgehead atoms. The van der Waals surface area contributed by atoms with E-state index in [4.69, 9.17) is 9.84 Å². The van der Waals surface area contributed by atoms with E-state index in [0.29, 0.717) is 6.42 Å². The van der Waals surface area contributed by atoms with Gasteiger partial charge in [-0.2, -0.15) is 0 Å². The average Bonchev–Trinajstić information content (AvgIpc) is 3.16. The molecule has 0 spiro atoms. The van der Waals surface area contributed by atoms with Crippen molar-refractivity contribution in [1.82, 2.24) is 0 Å². The monoisotopic (exact) mass is 230 g/mol. The molecule has 1 saturated carbocycles. The van der Waals surface area contributed by atoms with Crippen LogP contribution in [-0.4, -0.2) is 18.3 Å². The van der Waals surface area contributed by atoms with Crippen LogP contribution in [0.5, 0.6) is 5.75 Å². The molecular formula is C15H18O2. The van der Waals surface area contributed by atoms with Crippen molar-refractivity contribution in [1.29, 1.82) is 0 Å². The van der Waals surface area contributed by atoms with Gasteiger partial charge in [0.15, 0.2) is 0 Å². The minimum absolute atomic E-state index is 0.120. The van der Waals surface area contributed by atoms with Crippen LogP contribution in [0.4, 0.5) is 0 Å². The van der Waals surface area contributed by atoms with Crippen LogP contribution in [0.3, 0.4) is 0 Å². The van der Waals surface area contributed by atoms with Crippen molar-refractivity contribution < 1.29 is 9.84 Å². The Morgan fingerprint density at radius 3 is 2.65 bits per heavy atom. The Hall–Kier alpha value is -1.46. The molecule has 0 heterocycles. The highest BCUT2D eigenvalue weighted by molar-refractivity contribution is 5.38. The van der Waals surface area contributed by atoms with Crippen molar-refractivity contribution in [3.8, 4) is 17.6 Å². The Balaban J connectivity index is 1.78. The molecule has 0 atom stereocenters. The maximum absolute atomic E-state index is 8.61. The van der Waals surface area contributed by atoms with Crippen LogP contribution in [0.25, 0.3) is 0 Å². The third-order valence-corrected chi connectivity index (χ3v) is 2.82. The van der Waals surface area contributed by atoms with Gasteiger partial charge in [0.05, 0.1) is 13.2 Å². The van der Waals surface area contributed by atoms with E-state index in [0.717, 1.165) is 23.8 Å². The van der Waals surface area contributed by atoms with Crippen molar-refractivity contribution in [2.24, 2.45) is 5.92 Å². The summed E-state index contributed by atoms with van der Waals surface area (Å²) in [6, 6.07) is 7.82. The zero-order valence-electron chi connectivity index (χ0n) is 9.98. The van der Waals surface area contributed by atoms with E-state index in [1.54, 1.807) is 0 Å². The lowest BCUT2D eigenvalue weighted by Crippen LogP contribution is -1.97. The van der Waals surface area contributed by atoms with Crippen LogP contribution in [-0.2, 0) is 0 Å². The second-order valence-corrected chi connectivity index (χ2v) is 4.38. The summed E-state index contributed by atoms with van der Waals surface area (Å²) in [4.78, 5) is 0. The maximum Gasteiger partial charge on any atom is 0.119 e. The summed E-state index contributed by atoms with van der Waals surface area (Å²) in [6.45, 7) is 0.940. The van der Waals surface area contributed by atoms with E-state index in [9.17, 15) is 0 Å². The molecule has 0 radical (unpaired) electrons. The molecule has 0 unspecified atom stereocenters. The number of benzene rings is 1. The molecule has 1 aromatic carbocycles. The normalized spacial score (nSPS) is 13.9. The van der Waals surface area contributed by atoms with Gasteiger partial charge in [0.25, 0.3) is 0 Å². The summed E-state index contributed by atoms with van der Waals surface area (Å²) in [7, 11) is 0. The van der Waals surface area contributed by atoms with Crippen LogP contribution in [0.15, 0.2) is 24.3 Å². The van der Waals surface area contributed by atoms with E-state index < -0.39 is 0 Å². The smallest absolute Gasteiger partial charge is 0.119 e.